The molecule has 8 heteroatoms. The third-order valence-corrected chi connectivity index (χ3v) is 4.79. The molecular weight excluding hydrogens is 282 g/mol. The zero-order chi connectivity index (χ0) is 14.8. The molecule has 0 radical (unpaired) electrons. The fourth-order valence-electron chi connectivity index (χ4n) is 2.16. The zero-order valence-electron chi connectivity index (χ0n) is 11.8. The zero-order valence-corrected chi connectivity index (χ0v) is 12.6. The average molecular weight is 303 g/mol. The number of nitrogens with two attached hydrogens (primary N) is 1. The first-order valence-electron chi connectivity index (χ1n) is 6.51. The van der Waals surface area contributed by atoms with Crippen LogP contribution in [0.5, 0.6) is 0 Å². The van der Waals surface area contributed by atoms with Crippen LogP contribution in [-0.4, -0.2) is 52.7 Å². The van der Waals surface area contributed by atoms with Crippen LogP contribution in [0.15, 0.2) is 15.4 Å². The van der Waals surface area contributed by atoms with Gasteiger partial charge in [0.05, 0.1) is 19.3 Å². The monoisotopic (exact) mass is 303 g/mol. The maximum Gasteiger partial charge on any atom is 0.244 e. The predicted molar refractivity (Wildman–Crippen MR) is 73.8 cm³/mol. The minimum absolute atomic E-state index is 0.135. The molecule has 1 aromatic rings. The molecule has 0 aliphatic carbocycles. The first-order valence-corrected chi connectivity index (χ1v) is 8.00. The smallest absolute Gasteiger partial charge is 0.244 e. The van der Waals surface area contributed by atoms with E-state index in [1.807, 2.05) is 7.05 Å². The quantitative estimate of drug-likeness (QED) is 0.772. The second-order valence-electron chi connectivity index (χ2n) is 4.94. The number of rotatable bonds is 5. The number of furan rings is 1. The second kappa shape index (κ2) is 6.23. The van der Waals surface area contributed by atoms with Gasteiger partial charge >= 0.3 is 0 Å². The lowest BCUT2D eigenvalue weighted by Gasteiger charge is -2.29. The van der Waals surface area contributed by atoms with Crippen molar-refractivity contribution in [2.24, 2.45) is 5.73 Å². The van der Waals surface area contributed by atoms with E-state index < -0.39 is 10.0 Å². The topological polar surface area (TPSA) is 97.8 Å². The molecule has 0 amide bonds. The van der Waals surface area contributed by atoms with Gasteiger partial charge in [0.2, 0.25) is 10.0 Å². The molecule has 0 spiro atoms. The van der Waals surface area contributed by atoms with Gasteiger partial charge in [0, 0.05) is 25.7 Å². The fraction of sp³-hybridized carbons (Fsp3) is 0.667. The van der Waals surface area contributed by atoms with Crippen LogP contribution in [0.2, 0.25) is 0 Å². The van der Waals surface area contributed by atoms with Gasteiger partial charge in [0.1, 0.15) is 16.4 Å². The van der Waals surface area contributed by atoms with Gasteiger partial charge in [-0.2, -0.15) is 0 Å². The van der Waals surface area contributed by atoms with E-state index in [1.165, 1.54) is 6.07 Å². The molecule has 0 aromatic carbocycles. The number of hydrogen-bond donors (Lipinski definition) is 2. The summed E-state index contributed by atoms with van der Waals surface area (Å²) in [4.78, 5) is 2.25. The van der Waals surface area contributed by atoms with Gasteiger partial charge in [-0.05, 0) is 14.0 Å². The number of nitrogens with one attached hydrogen (secondary N) is 1. The highest BCUT2D eigenvalue weighted by molar-refractivity contribution is 7.89. The van der Waals surface area contributed by atoms with Crippen molar-refractivity contribution in [2.45, 2.75) is 24.5 Å². The largest absolute Gasteiger partial charge is 0.464 e. The molecule has 1 aliphatic rings. The molecule has 114 valence electrons. The number of sulfonamides is 1. The minimum Gasteiger partial charge on any atom is -0.464 e. The maximum absolute atomic E-state index is 12.2. The summed E-state index contributed by atoms with van der Waals surface area (Å²) in [6.07, 6.45) is -0.135. The summed E-state index contributed by atoms with van der Waals surface area (Å²) in [5, 5.41) is 0. The van der Waals surface area contributed by atoms with Crippen molar-refractivity contribution in [3.05, 3.63) is 17.6 Å². The Morgan fingerprint density at radius 2 is 2.30 bits per heavy atom. The molecule has 1 fully saturated rings. The Morgan fingerprint density at radius 1 is 1.55 bits per heavy atom. The summed E-state index contributed by atoms with van der Waals surface area (Å²) in [7, 11) is -1.61. The van der Waals surface area contributed by atoms with E-state index in [4.69, 9.17) is 14.9 Å². The van der Waals surface area contributed by atoms with E-state index in [1.54, 1.807) is 6.92 Å². The lowest BCUT2D eigenvalue weighted by molar-refractivity contribution is -0.0156. The first kappa shape index (κ1) is 15.5. The van der Waals surface area contributed by atoms with Gasteiger partial charge in [-0.1, -0.05) is 0 Å². The van der Waals surface area contributed by atoms with Crippen LogP contribution in [0.1, 0.15) is 11.5 Å². The van der Waals surface area contributed by atoms with Gasteiger partial charge in [0.25, 0.3) is 0 Å². The highest BCUT2D eigenvalue weighted by Crippen LogP contribution is 2.19. The summed E-state index contributed by atoms with van der Waals surface area (Å²) < 4.78 is 37.8. The molecule has 0 bridgehead atoms. The Balaban J connectivity index is 2.01. The van der Waals surface area contributed by atoms with E-state index in [0.717, 1.165) is 6.54 Å². The third kappa shape index (κ3) is 3.58. The lowest BCUT2D eigenvalue weighted by Crippen LogP contribution is -2.45. The van der Waals surface area contributed by atoms with Crippen molar-refractivity contribution in [3.8, 4) is 0 Å². The Kier molecular flexibility index (Phi) is 4.82. The predicted octanol–water partition coefficient (Wildman–Crippen LogP) is -0.344. The standard InChI is InChI=1S/C12H21N3O4S/c1-9-12(5-10(6-13)19-9)20(16,17)14-7-11-8-15(2)3-4-18-11/h5,11,14H,3-4,6-8,13H2,1-2H3. The Bertz CT molecular complexity index is 555. The molecule has 1 atom stereocenters. The van der Waals surface area contributed by atoms with E-state index in [2.05, 4.69) is 9.62 Å². The average Bonchev–Trinajstić information content (AvgIpc) is 2.79. The molecule has 1 unspecified atom stereocenters. The summed E-state index contributed by atoms with van der Waals surface area (Å²) in [6.45, 7) is 4.22. The number of hydrogen-bond acceptors (Lipinski definition) is 6. The van der Waals surface area contributed by atoms with E-state index >= 15 is 0 Å². The number of nitrogens with zero attached hydrogens (tertiary/aromatic N) is 1. The SMILES string of the molecule is Cc1oc(CN)cc1S(=O)(=O)NCC1CN(C)CCO1. The van der Waals surface area contributed by atoms with Crippen molar-refractivity contribution in [1.29, 1.82) is 0 Å². The van der Waals surface area contributed by atoms with Gasteiger partial charge in [-0.3, -0.25) is 0 Å². The first-order chi connectivity index (χ1) is 9.42. The van der Waals surface area contributed by atoms with Crippen LogP contribution in [0.4, 0.5) is 0 Å². The van der Waals surface area contributed by atoms with Crippen molar-refractivity contribution >= 4 is 10.0 Å². The third-order valence-electron chi connectivity index (χ3n) is 3.26. The molecular formula is C12H21N3O4S. The van der Waals surface area contributed by atoms with Gasteiger partial charge in [0.15, 0.2) is 0 Å². The second-order valence-corrected chi connectivity index (χ2v) is 6.68. The van der Waals surface area contributed by atoms with E-state index in [9.17, 15) is 8.42 Å². The maximum atomic E-state index is 12.2. The van der Waals surface area contributed by atoms with Crippen LogP contribution in [0.25, 0.3) is 0 Å². The number of aryl methyl sites for hydroxylation is 1. The molecule has 20 heavy (non-hydrogen) atoms. The molecule has 1 aromatic heterocycles. The van der Waals surface area contributed by atoms with Gasteiger partial charge in [-0.25, -0.2) is 13.1 Å². The highest BCUT2D eigenvalue weighted by Gasteiger charge is 2.24. The van der Waals surface area contributed by atoms with E-state index in [-0.39, 0.29) is 24.1 Å². The molecule has 1 aliphatic heterocycles. The fourth-order valence-corrected chi connectivity index (χ4v) is 3.43. The molecule has 1 saturated heterocycles. The summed E-state index contributed by atoms with van der Waals surface area (Å²) >= 11 is 0. The van der Waals surface area contributed by atoms with Gasteiger partial charge in [-0.15, -0.1) is 0 Å². The molecule has 7 nitrogen and oxygen atoms in total. The Hall–Kier alpha value is -0.930. The van der Waals surface area contributed by atoms with Crippen molar-refractivity contribution in [2.75, 3.05) is 33.3 Å². The van der Waals surface area contributed by atoms with Crippen LogP contribution >= 0.6 is 0 Å². The lowest BCUT2D eigenvalue weighted by atomic mass is 10.3. The van der Waals surface area contributed by atoms with Crippen LogP contribution in [-0.2, 0) is 21.3 Å². The van der Waals surface area contributed by atoms with Crippen LogP contribution < -0.4 is 10.5 Å². The van der Waals surface area contributed by atoms with Crippen molar-refractivity contribution in [3.63, 3.8) is 0 Å². The van der Waals surface area contributed by atoms with Crippen LogP contribution in [0.3, 0.4) is 0 Å². The van der Waals surface area contributed by atoms with Gasteiger partial charge < -0.3 is 19.8 Å². The molecule has 2 rings (SSSR count). The Labute approximate surface area is 119 Å². The normalized spacial score (nSPS) is 21.2. The summed E-state index contributed by atoms with van der Waals surface area (Å²) in [6, 6.07) is 1.46. The molecule has 3 N–H and O–H groups in total. The number of ether oxygens (including phenoxy) is 1. The molecule has 2 heterocycles. The Morgan fingerprint density at radius 3 is 2.90 bits per heavy atom. The van der Waals surface area contributed by atoms with E-state index in [0.29, 0.717) is 24.7 Å². The summed E-state index contributed by atoms with van der Waals surface area (Å²) in [5.74, 6) is 0.802. The highest BCUT2D eigenvalue weighted by atomic mass is 32.2. The minimum atomic E-state index is -3.59. The van der Waals surface area contributed by atoms with Crippen LogP contribution in [0, 0.1) is 6.92 Å². The van der Waals surface area contributed by atoms with Crippen molar-refractivity contribution in [1.82, 2.24) is 9.62 Å². The molecule has 0 saturated carbocycles. The van der Waals surface area contributed by atoms with Crippen molar-refractivity contribution < 1.29 is 17.6 Å². The summed E-state index contributed by atoms with van der Waals surface area (Å²) in [5.41, 5.74) is 5.45. The number of morpholine rings is 1. The number of likely N-dealkylation sites (N-methyl/N-ethyl adjacent to an activating group) is 1.